The molecule has 0 fully saturated rings. The summed E-state index contributed by atoms with van der Waals surface area (Å²) in [6.07, 6.45) is 5.18. The van der Waals surface area contributed by atoms with Gasteiger partial charge in [0.05, 0.1) is 11.4 Å². The summed E-state index contributed by atoms with van der Waals surface area (Å²) in [5.41, 5.74) is 22.6. The van der Waals surface area contributed by atoms with Crippen LogP contribution in [0.3, 0.4) is 0 Å². The molecule has 4 N–H and O–H groups in total. The summed E-state index contributed by atoms with van der Waals surface area (Å²) >= 11 is 12.0. The van der Waals surface area contributed by atoms with E-state index in [0.717, 1.165) is 67.3 Å². The van der Waals surface area contributed by atoms with Crippen molar-refractivity contribution in [1.29, 1.82) is 0 Å². The first-order chi connectivity index (χ1) is 26.2. The summed E-state index contributed by atoms with van der Waals surface area (Å²) in [7, 11) is 0. The van der Waals surface area contributed by atoms with E-state index in [1.165, 1.54) is 0 Å². The van der Waals surface area contributed by atoms with Crippen LogP contribution < -0.4 is 11.5 Å². The maximum atomic E-state index is 6.00. The zero-order chi connectivity index (χ0) is 37.6. The van der Waals surface area contributed by atoms with E-state index in [-0.39, 0.29) is 5.95 Å². The van der Waals surface area contributed by atoms with E-state index in [4.69, 9.17) is 44.6 Å². The van der Waals surface area contributed by atoms with Gasteiger partial charge in [0.25, 0.3) is 0 Å². The smallest absolute Gasteiger partial charge is 0.219 e. The molecule has 0 spiro atoms. The highest BCUT2D eigenvalue weighted by atomic mass is 35.5. The second-order valence-electron chi connectivity index (χ2n) is 12.4. The first-order valence-corrected chi connectivity index (χ1v) is 17.7. The van der Waals surface area contributed by atoms with E-state index in [1.807, 2.05) is 123 Å². The van der Waals surface area contributed by atoms with Gasteiger partial charge in [-0.25, -0.2) is 34.9 Å². The maximum Gasteiger partial charge on any atom is 0.219 e. The molecule has 0 bridgehead atoms. The summed E-state index contributed by atoms with van der Waals surface area (Å²) in [4.78, 5) is 31.0. The van der Waals surface area contributed by atoms with Gasteiger partial charge in [-0.15, -0.1) is 0 Å². The van der Waals surface area contributed by atoms with Crippen LogP contribution in [0, 0.1) is 13.8 Å². The minimum atomic E-state index is 0.254. The molecule has 0 aliphatic rings. The van der Waals surface area contributed by atoms with Crippen LogP contribution >= 0.6 is 23.2 Å². The van der Waals surface area contributed by atoms with Crippen molar-refractivity contribution in [3.8, 4) is 67.5 Å². The minimum absolute atomic E-state index is 0.254. The summed E-state index contributed by atoms with van der Waals surface area (Å²) in [5.74, 6) is 2.11. The molecule has 0 amide bonds. The first kappa shape index (κ1) is 35.8. The molecule has 8 aromatic rings. The zero-order valence-corrected chi connectivity index (χ0v) is 30.8. The molecule has 4 aromatic carbocycles. The number of benzene rings is 4. The average Bonchev–Trinajstić information content (AvgIpc) is 3.19. The fourth-order valence-electron chi connectivity index (χ4n) is 5.67. The summed E-state index contributed by atoms with van der Waals surface area (Å²) < 4.78 is 0. The Kier molecular flexibility index (Phi) is 10.6. The highest BCUT2D eigenvalue weighted by Crippen LogP contribution is 2.29. The number of hydrogen-bond donors (Lipinski definition) is 2. The summed E-state index contributed by atoms with van der Waals surface area (Å²) in [6, 6.07) is 39.0. The van der Waals surface area contributed by atoms with Crippen molar-refractivity contribution in [3.63, 3.8) is 0 Å². The number of rotatable bonds is 6. The SMILES string of the molecule is Cc1cc(-c2ccc(Cl)cc2)nc(-c2cccc(-c3ccc(N)nc3)c2)n1.Cc1cc(-c2ccc(Cl)cc2)nc(-c2cccc(-c3cnc(N)nc3)c2)n1. The third kappa shape index (κ3) is 8.73. The summed E-state index contributed by atoms with van der Waals surface area (Å²) in [6.45, 7) is 3.93. The van der Waals surface area contributed by atoms with Crippen LogP contribution in [0.4, 0.5) is 11.8 Å². The summed E-state index contributed by atoms with van der Waals surface area (Å²) in [5, 5.41) is 1.40. The Hall–Kier alpha value is -6.55. The molecule has 0 aliphatic heterocycles. The van der Waals surface area contributed by atoms with E-state index in [9.17, 15) is 0 Å². The number of anilines is 2. The molecule has 0 atom stereocenters. The topological polar surface area (TPSA) is 142 Å². The van der Waals surface area contributed by atoms with E-state index >= 15 is 0 Å². The van der Waals surface area contributed by atoms with Gasteiger partial charge < -0.3 is 11.5 Å². The lowest BCUT2D eigenvalue weighted by Gasteiger charge is -2.08. The van der Waals surface area contributed by atoms with Gasteiger partial charge in [0.15, 0.2) is 11.6 Å². The van der Waals surface area contributed by atoms with Crippen LogP contribution in [-0.4, -0.2) is 34.9 Å². The van der Waals surface area contributed by atoms with E-state index < -0.39 is 0 Å². The maximum absolute atomic E-state index is 6.00. The quantitative estimate of drug-likeness (QED) is 0.170. The highest BCUT2D eigenvalue weighted by Gasteiger charge is 2.11. The average molecular weight is 747 g/mol. The van der Waals surface area contributed by atoms with Crippen LogP contribution in [-0.2, 0) is 0 Å². The second-order valence-corrected chi connectivity index (χ2v) is 13.3. The second kappa shape index (κ2) is 16.0. The fourth-order valence-corrected chi connectivity index (χ4v) is 5.92. The molecular formula is C43H33Cl2N9. The Labute approximate surface area is 322 Å². The Balaban J connectivity index is 0.000000167. The molecule has 54 heavy (non-hydrogen) atoms. The number of hydrogen-bond acceptors (Lipinski definition) is 9. The van der Waals surface area contributed by atoms with Gasteiger partial charge in [-0.2, -0.15) is 0 Å². The van der Waals surface area contributed by atoms with Gasteiger partial charge in [-0.1, -0.05) is 83.9 Å². The number of nitrogens with two attached hydrogens (primary N) is 2. The van der Waals surface area contributed by atoms with Crippen molar-refractivity contribution in [2.75, 3.05) is 11.5 Å². The van der Waals surface area contributed by atoms with Gasteiger partial charge in [-0.05, 0) is 85.6 Å². The van der Waals surface area contributed by atoms with Crippen molar-refractivity contribution in [3.05, 3.63) is 161 Å². The third-order valence-electron chi connectivity index (χ3n) is 8.35. The van der Waals surface area contributed by atoms with Crippen LogP contribution in [0.1, 0.15) is 11.4 Å². The molecule has 0 unspecified atom stereocenters. The van der Waals surface area contributed by atoms with Gasteiger partial charge in [0, 0.05) is 73.4 Å². The van der Waals surface area contributed by atoms with Crippen molar-refractivity contribution >= 4 is 35.0 Å². The predicted molar refractivity (Wildman–Crippen MR) is 218 cm³/mol. The molecule has 11 heteroatoms. The Morgan fingerprint density at radius 3 is 1.30 bits per heavy atom. The molecule has 0 saturated carbocycles. The molecular weight excluding hydrogens is 713 g/mol. The predicted octanol–water partition coefficient (Wildman–Crippen LogP) is 10.2. The molecule has 9 nitrogen and oxygen atoms in total. The zero-order valence-electron chi connectivity index (χ0n) is 29.3. The van der Waals surface area contributed by atoms with E-state index in [2.05, 4.69) is 31.0 Å². The van der Waals surface area contributed by atoms with Crippen LogP contribution in [0.5, 0.6) is 0 Å². The normalized spacial score (nSPS) is 10.7. The Morgan fingerprint density at radius 1 is 0.407 bits per heavy atom. The Morgan fingerprint density at radius 2 is 0.833 bits per heavy atom. The monoisotopic (exact) mass is 745 g/mol. The van der Waals surface area contributed by atoms with Crippen molar-refractivity contribution in [1.82, 2.24) is 34.9 Å². The van der Waals surface area contributed by atoms with E-state index in [0.29, 0.717) is 27.5 Å². The number of nitrogen functional groups attached to an aromatic ring is 2. The highest BCUT2D eigenvalue weighted by molar-refractivity contribution is 6.30. The fraction of sp³-hybridized carbons (Fsp3) is 0.0465. The van der Waals surface area contributed by atoms with Crippen LogP contribution in [0.25, 0.3) is 67.5 Å². The largest absolute Gasteiger partial charge is 0.384 e. The number of halogens is 2. The molecule has 0 aliphatic carbocycles. The molecule has 0 radical (unpaired) electrons. The van der Waals surface area contributed by atoms with Gasteiger partial charge in [0.1, 0.15) is 5.82 Å². The van der Waals surface area contributed by atoms with Gasteiger partial charge in [-0.3, -0.25) is 0 Å². The molecule has 264 valence electrons. The van der Waals surface area contributed by atoms with Crippen molar-refractivity contribution in [2.24, 2.45) is 0 Å². The molecule has 0 saturated heterocycles. The number of pyridine rings is 1. The number of nitrogens with zero attached hydrogens (tertiary/aromatic N) is 7. The number of aryl methyl sites for hydroxylation is 2. The van der Waals surface area contributed by atoms with E-state index in [1.54, 1.807) is 24.7 Å². The molecule has 4 heterocycles. The molecule has 8 rings (SSSR count). The lowest BCUT2D eigenvalue weighted by Crippen LogP contribution is -1.96. The van der Waals surface area contributed by atoms with Gasteiger partial charge >= 0.3 is 0 Å². The van der Waals surface area contributed by atoms with Crippen molar-refractivity contribution in [2.45, 2.75) is 13.8 Å². The minimum Gasteiger partial charge on any atom is -0.384 e. The number of aromatic nitrogens is 7. The first-order valence-electron chi connectivity index (χ1n) is 16.9. The Bertz CT molecular complexity index is 2360. The lowest BCUT2D eigenvalue weighted by atomic mass is 10.0. The third-order valence-corrected chi connectivity index (χ3v) is 8.86. The van der Waals surface area contributed by atoms with Crippen LogP contribution in [0.15, 0.2) is 140 Å². The lowest BCUT2D eigenvalue weighted by molar-refractivity contribution is 1.11. The van der Waals surface area contributed by atoms with Gasteiger partial charge in [0.2, 0.25) is 5.95 Å². The van der Waals surface area contributed by atoms with Crippen LogP contribution in [0.2, 0.25) is 10.0 Å². The standard InChI is InChI=1S/C22H17ClN4.C21H16ClN5/c1-14-11-20(15-5-8-19(23)9-6-15)27-22(26-14)17-4-2-3-16(12-17)18-7-10-21(24)25-13-18;1-13-9-19(14-5-7-18(22)8-6-14)27-20(26-13)16-4-2-3-15(10-16)17-11-24-21(23)25-12-17/h2-13H,1H3,(H2,24,25);2-12H,1H3,(H2,23,24,25). The molecule has 4 aromatic heterocycles. The van der Waals surface area contributed by atoms with Crippen molar-refractivity contribution < 1.29 is 0 Å².